The van der Waals surface area contributed by atoms with E-state index < -0.39 is 40.5 Å². The number of aromatic hydroxyl groups is 2. The summed E-state index contributed by atoms with van der Waals surface area (Å²) in [6.07, 6.45) is -0.236. The lowest BCUT2D eigenvalue weighted by atomic mass is 9.88. The van der Waals surface area contributed by atoms with Crippen molar-refractivity contribution in [1.29, 1.82) is 0 Å². The second-order valence-corrected chi connectivity index (χ2v) is 7.19. The van der Waals surface area contributed by atoms with Crippen molar-refractivity contribution in [2.24, 2.45) is 0 Å². The topological polar surface area (TPSA) is 152 Å². The van der Waals surface area contributed by atoms with Crippen LogP contribution in [-0.4, -0.2) is 43.4 Å². The van der Waals surface area contributed by atoms with Crippen molar-refractivity contribution in [2.75, 3.05) is 0 Å². The van der Waals surface area contributed by atoms with Gasteiger partial charge < -0.3 is 25.5 Å². The highest BCUT2D eigenvalue weighted by Gasteiger charge is 2.28. The van der Waals surface area contributed by atoms with E-state index in [9.17, 15) is 39.9 Å². The number of aromatic carboxylic acids is 3. The molecule has 32 heavy (non-hydrogen) atoms. The molecular formula is C24H16O8. The summed E-state index contributed by atoms with van der Waals surface area (Å²) in [5.41, 5.74) is -1.44. The summed E-state index contributed by atoms with van der Waals surface area (Å²) in [6.45, 7) is 0. The van der Waals surface area contributed by atoms with Crippen molar-refractivity contribution in [1.82, 2.24) is 0 Å². The molecule has 0 saturated carbocycles. The number of hydrogen-bond donors (Lipinski definition) is 5. The fourth-order valence-electron chi connectivity index (χ4n) is 4.04. The molecule has 0 amide bonds. The molecule has 0 aromatic heterocycles. The Hall–Kier alpha value is -4.59. The number of carbonyl (C=O) groups is 3. The third-order valence-electron chi connectivity index (χ3n) is 5.43. The molecule has 0 unspecified atom stereocenters. The van der Waals surface area contributed by atoms with E-state index in [1.54, 1.807) is 36.4 Å². The van der Waals surface area contributed by atoms with Crippen LogP contribution in [0.4, 0.5) is 0 Å². The Balaban J connectivity index is 2.11. The number of carboxylic acids is 3. The Labute approximate surface area is 180 Å². The average molecular weight is 432 g/mol. The summed E-state index contributed by atoms with van der Waals surface area (Å²) in [5, 5.41) is 51.8. The molecule has 0 heterocycles. The zero-order valence-corrected chi connectivity index (χ0v) is 16.4. The molecule has 0 radical (unpaired) electrons. The molecule has 0 aliphatic heterocycles. The molecule has 0 aliphatic carbocycles. The second-order valence-electron chi connectivity index (χ2n) is 7.19. The number of hydrogen-bond acceptors (Lipinski definition) is 5. The lowest BCUT2D eigenvalue weighted by molar-refractivity contribution is 0.0650. The minimum atomic E-state index is -1.62. The smallest absolute Gasteiger partial charge is 0.340 e. The van der Waals surface area contributed by atoms with Crippen LogP contribution < -0.4 is 0 Å². The summed E-state index contributed by atoms with van der Waals surface area (Å²) < 4.78 is 0. The summed E-state index contributed by atoms with van der Waals surface area (Å²) >= 11 is 0. The minimum Gasteiger partial charge on any atom is -0.507 e. The molecule has 0 atom stereocenters. The van der Waals surface area contributed by atoms with Crippen LogP contribution in [0, 0.1) is 0 Å². The van der Waals surface area contributed by atoms with Crippen molar-refractivity contribution >= 4 is 39.5 Å². The standard InChI is InChI=1S/C24H16O8/c25-20-15(12-6-2-1-5-11(12)9-17(20)22(27)28)10-16-13-7-3-4-8-14(13)18(23(29)30)19(21(16)26)24(31)32/h1-9,25-26H,10H2,(H,27,28)(H,29,30)(H,31,32). The van der Waals surface area contributed by atoms with Gasteiger partial charge in [0.25, 0.3) is 0 Å². The van der Waals surface area contributed by atoms with Gasteiger partial charge in [-0.3, -0.25) is 0 Å². The molecule has 160 valence electrons. The molecular weight excluding hydrogens is 416 g/mol. The van der Waals surface area contributed by atoms with Crippen LogP contribution in [0.5, 0.6) is 11.5 Å². The van der Waals surface area contributed by atoms with Crippen LogP contribution >= 0.6 is 0 Å². The fraction of sp³-hybridized carbons (Fsp3) is 0.0417. The average Bonchev–Trinajstić information content (AvgIpc) is 2.75. The van der Waals surface area contributed by atoms with Gasteiger partial charge in [-0.15, -0.1) is 0 Å². The van der Waals surface area contributed by atoms with Crippen LogP contribution in [0.1, 0.15) is 42.2 Å². The number of benzene rings is 4. The third-order valence-corrected chi connectivity index (χ3v) is 5.43. The summed E-state index contributed by atoms with van der Waals surface area (Å²) in [4.78, 5) is 35.4. The molecule has 8 heteroatoms. The number of rotatable bonds is 5. The Morgan fingerprint density at radius 3 is 1.75 bits per heavy atom. The van der Waals surface area contributed by atoms with Gasteiger partial charge in [-0.2, -0.15) is 0 Å². The van der Waals surface area contributed by atoms with Crippen molar-refractivity contribution in [3.05, 3.63) is 82.4 Å². The van der Waals surface area contributed by atoms with E-state index in [0.29, 0.717) is 10.8 Å². The van der Waals surface area contributed by atoms with Gasteiger partial charge in [0, 0.05) is 17.5 Å². The van der Waals surface area contributed by atoms with E-state index >= 15 is 0 Å². The van der Waals surface area contributed by atoms with Gasteiger partial charge in [-0.25, -0.2) is 14.4 Å². The van der Waals surface area contributed by atoms with Gasteiger partial charge in [0.1, 0.15) is 22.6 Å². The molecule has 4 aromatic carbocycles. The maximum Gasteiger partial charge on any atom is 0.340 e. The van der Waals surface area contributed by atoms with Crippen LogP contribution in [0.25, 0.3) is 21.5 Å². The van der Waals surface area contributed by atoms with Crippen molar-refractivity contribution in [2.45, 2.75) is 6.42 Å². The van der Waals surface area contributed by atoms with E-state index in [4.69, 9.17) is 0 Å². The molecule has 4 rings (SSSR count). The highest BCUT2D eigenvalue weighted by Crippen LogP contribution is 2.40. The maximum absolute atomic E-state index is 11.9. The van der Waals surface area contributed by atoms with Crippen molar-refractivity contribution in [3.63, 3.8) is 0 Å². The maximum atomic E-state index is 11.9. The molecule has 4 aromatic rings. The monoisotopic (exact) mass is 432 g/mol. The first kappa shape index (κ1) is 20.7. The van der Waals surface area contributed by atoms with E-state index in [2.05, 4.69) is 0 Å². The summed E-state index contributed by atoms with van der Waals surface area (Å²) in [7, 11) is 0. The van der Waals surface area contributed by atoms with Gasteiger partial charge >= 0.3 is 17.9 Å². The zero-order valence-electron chi connectivity index (χ0n) is 16.4. The Morgan fingerprint density at radius 1 is 0.625 bits per heavy atom. The van der Waals surface area contributed by atoms with Crippen molar-refractivity contribution in [3.8, 4) is 11.5 Å². The molecule has 0 saturated heterocycles. The van der Waals surface area contributed by atoms with Crippen molar-refractivity contribution < 1.29 is 39.9 Å². The normalized spacial score (nSPS) is 11.0. The first-order chi connectivity index (χ1) is 15.2. The van der Waals surface area contributed by atoms with E-state index in [1.807, 2.05) is 0 Å². The van der Waals surface area contributed by atoms with E-state index in [0.717, 1.165) is 0 Å². The lowest BCUT2D eigenvalue weighted by Crippen LogP contribution is -2.11. The molecule has 8 nitrogen and oxygen atoms in total. The van der Waals surface area contributed by atoms with Gasteiger partial charge in [0.2, 0.25) is 0 Å². The quantitative estimate of drug-likeness (QED) is 0.316. The Morgan fingerprint density at radius 2 is 1.16 bits per heavy atom. The van der Waals surface area contributed by atoms with Gasteiger partial charge in [-0.05, 0) is 27.6 Å². The summed E-state index contributed by atoms with van der Waals surface area (Å²) in [6, 6.07) is 14.2. The summed E-state index contributed by atoms with van der Waals surface area (Å²) in [5.74, 6) is -5.75. The first-order valence-corrected chi connectivity index (χ1v) is 9.42. The molecule has 0 bridgehead atoms. The van der Waals surface area contributed by atoms with Crippen LogP contribution in [0.3, 0.4) is 0 Å². The Kier molecular flexibility index (Phi) is 4.90. The van der Waals surface area contributed by atoms with Gasteiger partial charge in [0.15, 0.2) is 0 Å². The zero-order chi connectivity index (χ0) is 23.2. The van der Waals surface area contributed by atoms with Crippen LogP contribution in [0.15, 0.2) is 54.6 Å². The van der Waals surface area contributed by atoms with E-state index in [1.165, 1.54) is 18.2 Å². The highest BCUT2D eigenvalue weighted by atomic mass is 16.4. The third kappa shape index (κ3) is 3.14. The Bertz CT molecular complexity index is 1450. The minimum absolute atomic E-state index is 0.0611. The molecule has 5 N–H and O–H groups in total. The molecule has 0 aliphatic rings. The SMILES string of the molecule is O=C(O)c1cc2ccccc2c(Cc2c(O)c(C(=O)O)c(C(=O)O)c3ccccc23)c1O. The van der Waals surface area contributed by atoms with Crippen LogP contribution in [0.2, 0.25) is 0 Å². The second kappa shape index (κ2) is 7.59. The van der Waals surface area contributed by atoms with E-state index in [-0.39, 0.29) is 33.9 Å². The number of fused-ring (bicyclic) bond motifs is 2. The molecule has 0 spiro atoms. The highest BCUT2D eigenvalue weighted by molar-refractivity contribution is 6.15. The predicted molar refractivity (Wildman–Crippen MR) is 115 cm³/mol. The number of carboxylic acid groups (broad SMARTS) is 3. The predicted octanol–water partition coefficient (Wildman–Crippen LogP) is 4.09. The lowest BCUT2D eigenvalue weighted by Gasteiger charge is -2.17. The largest absolute Gasteiger partial charge is 0.507 e. The van der Waals surface area contributed by atoms with Gasteiger partial charge in [0.05, 0.1) is 5.56 Å². The fourth-order valence-corrected chi connectivity index (χ4v) is 4.04. The first-order valence-electron chi connectivity index (χ1n) is 9.42. The van der Waals surface area contributed by atoms with Crippen LogP contribution in [-0.2, 0) is 6.42 Å². The van der Waals surface area contributed by atoms with Gasteiger partial charge in [-0.1, -0.05) is 48.5 Å². The number of phenols is 2. The molecule has 0 fully saturated rings.